The first-order valence-electron chi connectivity index (χ1n) is 11.6. The van der Waals surface area contributed by atoms with Gasteiger partial charge in [-0.2, -0.15) is 0 Å². The van der Waals surface area contributed by atoms with Gasteiger partial charge in [0.1, 0.15) is 0 Å². The summed E-state index contributed by atoms with van der Waals surface area (Å²) in [5.74, 6) is 2.15. The Bertz CT molecular complexity index is 760. The first-order chi connectivity index (χ1) is 15.0. The van der Waals surface area contributed by atoms with Crippen molar-refractivity contribution in [3.8, 4) is 0 Å². The van der Waals surface area contributed by atoms with Crippen LogP contribution in [0.1, 0.15) is 50.5 Å². The van der Waals surface area contributed by atoms with E-state index in [-0.39, 0.29) is 29.8 Å². The number of carbonyl (C=O) groups excluding carboxylic acids is 3. The van der Waals surface area contributed by atoms with Crippen molar-refractivity contribution in [3.05, 3.63) is 35.9 Å². The molecule has 4 saturated carbocycles. The molecule has 0 aromatic heterocycles. The molecule has 31 heavy (non-hydrogen) atoms. The van der Waals surface area contributed by atoms with E-state index in [1.54, 1.807) is 0 Å². The maximum Gasteiger partial charge on any atom is 0.315 e. The van der Waals surface area contributed by atoms with Crippen molar-refractivity contribution in [1.29, 1.82) is 0 Å². The van der Waals surface area contributed by atoms with Crippen LogP contribution in [-0.2, 0) is 16.0 Å². The molecule has 1 aromatic carbocycles. The second kappa shape index (κ2) is 9.71. The molecule has 5 rings (SSSR count). The van der Waals surface area contributed by atoms with Gasteiger partial charge in [-0.3, -0.25) is 9.59 Å². The van der Waals surface area contributed by atoms with Crippen molar-refractivity contribution < 1.29 is 14.4 Å². The zero-order valence-corrected chi connectivity index (χ0v) is 18.1. The molecule has 7 nitrogen and oxygen atoms in total. The zero-order valence-electron chi connectivity index (χ0n) is 18.1. The Hall–Kier alpha value is -2.57. The van der Waals surface area contributed by atoms with Crippen molar-refractivity contribution in [1.82, 2.24) is 21.3 Å². The van der Waals surface area contributed by atoms with Crippen LogP contribution in [0.15, 0.2) is 30.3 Å². The van der Waals surface area contributed by atoms with Gasteiger partial charge in [-0.15, -0.1) is 0 Å². The molecular weight excluding hydrogens is 392 g/mol. The molecule has 0 radical (unpaired) electrons. The Morgan fingerprint density at radius 3 is 1.97 bits per heavy atom. The summed E-state index contributed by atoms with van der Waals surface area (Å²) < 4.78 is 0. The van der Waals surface area contributed by atoms with Crippen LogP contribution in [0.5, 0.6) is 0 Å². The lowest BCUT2D eigenvalue weighted by atomic mass is 9.53. The highest BCUT2D eigenvalue weighted by atomic mass is 16.2. The second-order valence-electron chi connectivity index (χ2n) is 9.69. The van der Waals surface area contributed by atoms with E-state index in [9.17, 15) is 14.4 Å². The van der Waals surface area contributed by atoms with Gasteiger partial charge < -0.3 is 21.3 Å². The van der Waals surface area contributed by atoms with Crippen molar-refractivity contribution >= 4 is 17.8 Å². The summed E-state index contributed by atoms with van der Waals surface area (Å²) in [6, 6.07) is 9.39. The predicted molar refractivity (Wildman–Crippen MR) is 118 cm³/mol. The quantitative estimate of drug-likeness (QED) is 0.455. The standard InChI is InChI=1S/C24H34N4O3/c29-21(25-8-9-26-22(30)13-17-4-2-1-3-5-17)6-7-27-23(31)28-24-14-18-10-19(15-24)12-20(11-18)16-24/h1-5,18-20H,6-16H2,(H,25,29)(H,26,30)(H2,27,28,31). The maximum absolute atomic E-state index is 12.4. The maximum atomic E-state index is 12.4. The van der Waals surface area contributed by atoms with Gasteiger partial charge in [0.2, 0.25) is 11.8 Å². The molecule has 4 bridgehead atoms. The van der Waals surface area contributed by atoms with Gasteiger partial charge in [0, 0.05) is 31.6 Å². The summed E-state index contributed by atoms with van der Waals surface area (Å²) in [6.45, 7) is 1.07. The summed E-state index contributed by atoms with van der Waals surface area (Å²) in [4.78, 5) is 36.3. The molecule has 0 aliphatic heterocycles. The average Bonchev–Trinajstić information content (AvgIpc) is 2.70. The molecule has 0 atom stereocenters. The minimum atomic E-state index is -0.150. The number of hydrogen-bond acceptors (Lipinski definition) is 3. The molecule has 4 amide bonds. The van der Waals surface area contributed by atoms with Crippen LogP contribution < -0.4 is 21.3 Å². The fourth-order valence-electron chi connectivity index (χ4n) is 6.17. The van der Waals surface area contributed by atoms with Gasteiger partial charge in [-0.1, -0.05) is 30.3 Å². The third-order valence-electron chi connectivity index (χ3n) is 7.03. The number of hydrogen-bond donors (Lipinski definition) is 4. The zero-order chi connectivity index (χ0) is 21.7. The highest BCUT2D eigenvalue weighted by molar-refractivity contribution is 5.79. The fraction of sp³-hybridized carbons (Fsp3) is 0.625. The number of nitrogens with one attached hydrogen (secondary N) is 4. The van der Waals surface area contributed by atoms with Crippen LogP contribution in [-0.4, -0.2) is 43.0 Å². The molecule has 7 heteroatoms. The Morgan fingerprint density at radius 1 is 0.774 bits per heavy atom. The summed E-state index contributed by atoms with van der Waals surface area (Å²) in [7, 11) is 0. The topological polar surface area (TPSA) is 99.3 Å². The molecule has 4 fully saturated rings. The second-order valence-corrected chi connectivity index (χ2v) is 9.69. The summed E-state index contributed by atoms with van der Waals surface area (Å²) in [6.07, 6.45) is 7.93. The molecule has 168 valence electrons. The van der Waals surface area contributed by atoms with Crippen LogP contribution in [0.2, 0.25) is 0 Å². The lowest BCUT2D eigenvalue weighted by Gasteiger charge is -2.56. The van der Waals surface area contributed by atoms with Crippen LogP contribution in [0.3, 0.4) is 0 Å². The van der Waals surface area contributed by atoms with E-state index in [1.165, 1.54) is 19.3 Å². The number of amides is 4. The van der Waals surface area contributed by atoms with E-state index in [2.05, 4.69) is 21.3 Å². The van der Waals surface area contributed by atoms with Gasteiger partial charge in [0.25, 0.3) is 0 Å². The monoisotopic (exact) mass is 426 g/mol. The van der Waals surface area contributed by atoms with Crippen molar-refractivity contribution in [3.63, 3.8) is 0 Å². The van der Waals surface area contributed by atoms with Crippen LogP contribution in [0.4, 0.5) is 4.79 Å². The Morgan fingerprint density at radius 2 is 1.35 bits per heavy atom. The SMILES string of the molecule is O=C(CCNC(=O)NC12CC3CC(CC(C3)C1)C2)NCCNC(=O)Cc1ccccc1. The average molecular weight is 427 g/mol. The molecule has 0 heterocycles. The number of urea groups is 1. The molecule has 4 N–H and O–H groups in total. The van der Waals surface area contributed by atoms with Crippen LogP contribution >= 0.6 is 0 Å². The summed E-state index contributed by atoms with van der Waals surface area (Å²) >= 11 is 0. The summed E-state index contributed by atoms with van der Waals surface area (Å²) in [5, 5.41) is 11.7. The van der Waals surface area contributed by atoms with Gasteiger partial charge in [0.15, 0.2) is 0 Å². The van der Waals surface area contributed by atoms with Crippen molar-refractivity contribution in [2.24, 2.45) is 17.8 Å². The first kappa shape index (κ1) is 21.7. The van der Waals surface area contributed by atoms with Crippen molar-refractivity contribution in [2.75, 3.05) is 19.6 Å². The van der Waals surface area contributed by atoms with Gasteiger partial charge >= 0.3 is 6.03 Å². The van der Waals surface area contributed by atoms with Gasteiger partial charge in [0.05, 0.1) is 6.42 Å². The Balaban J connectivity index is 1.06. The van der Waals surface area contributed by atoms with E-state index in [4.69, 9.17) is 0 Å². The molecule has 1 aromatic rings. The van der Waals surface area contributed by atoms with Gasteiger partial charge in [-0.25, -0.2) is 4.79 Å². The van der Waals surface area contributed by atoms with E-state index < -0.39 is 0 Å². The van der Waals surface area contributed by atoms with E-state index in [0.29, 0.717) is 26.1 Å². The van der Waals surface area contributed by atoms with Gasteiger partial charge in [-0.05, 0) is 61.8 Å². The van der Waals surface area contributed by atoms with Crippen molar-refractivity contribution in [2.45, 2.75) is 56.9 Å². The Kier molecular flexibility index (Phi) is 6.78. The molecule has 0 saturated heterocycles. The van der Waals surface area contributed by atoms with E-state index in [0.717, 1.165) is 42.6 Å². The molecule has 0 spiro atoms. The van der Waals surface area contributed by atoms with Crippen LogP contribution in [0, 0.1) is 17.8 Å². The predicted octanol–water partition coefficient (Wildman–Crippen LogP) is 2.12. The number of rotatable bonds is 9. The number of carbonyl (C=O) groups is 3. The third kappa shape index (κ3) is 5.99. The van der Waals surface area contributed by atoms with Crippen LogP contribution in [0.25, 0.3) is 0 Å². The minimum absolute atomic E-state index is 0.0148. The molecular formula is C24H34N4O3. The first-order valence-corrected chi connectivity index (χ1v) is 11.6. The third-order valence-corrected chi connectivity index (χ3v) is 7.03. The number of benzene rings is 1. The normalized spacial score (nSPS) is 28.1. The fourth-order valence-corrected chi connectivity index (χ4v) is 6.17. The summed E-state index contributed by atoms with van der Waals surface area (Å²) in [5.41, 5.74) is 0.945. The largest absolute Gasteiger partial charge is 0.354 e. The van der Waals surface area contributed by atoms with E-state index in [1.807, 2.05) is 30.3 Å². The van der Waals surface area contributed by atoms with E-state index >= 15 is 0 Å². The minimum Gasteiger partial charge on any atom is -0.354 e. The lowest BCUT2D eigenvalue weighted by molar-refractivity contribution is -0.122. The molecule has 4 aliphatic carbocycles. The smallest absolute Gasteiger partial charge is 0.315 e. The lowest BCUT2D eigenvalue weighted by Crippen LogP contribution is -2.61. The highest BCUT2D eigenvalue weighted by Crippen LogP contribution is 2.55. The Labute approximate surface area is 184 Å². The highest BCUT2D eigenvalue weighted by Gasteiger charge is 2.51. The molecule has 4 aliphatic rings. The molecule has 0 unspecified atom stereocenters.